The Labute approximate surface area is 222 Å². The maximum Gasteiger partial charge on any atom is 0.298 e. The number of carbonyl (C=O) groups excluding carboxylic acids is 2. The molecule has 2 fully saturated rings. The fourth-order valence-corrected chi connectivity index (χ4v) is 7.41. The monoisotopic (exact) mass is 512 g/mol. The predicted octanol–water partition coefficient (Wildman–Crippen LogP) is 2.87. The molecule has 38 heavy (non-hydrogen) atoms. The standard InChI is InChI=1S/C31H32N2O5/c1-5-15-33-16-14-30-25-21-9-10-23(34)27(25)38-29(30)22(12-13-31(30,37)28(33)26(21)36)32(4)24(35)11-8-20-7-6-18(2)19(3)17-20/h5-7,9-10,17,22,28-29,34,37H,1,12-16H2,2-4H3/t22-,28-,29+,30+,31-/m1/s1. The van der Waals surface area contributed by atoms with Crippen LogP contribution in [0.4, 0.5) is 0 Å². The first kappa shape index (κ1) is 24.7. The van der Waals surface area contributed by atoms with Crippen LogP contribution in [-0.2, 0) is 10.2 Å². The predicted molar refractivity (Wildman–Crippen MR) is 142 cm³/mol. The van der Waals surface area contributed by atoms with Gasteiger partial charge in [-0.05, 0) is 68.5 Å². The molecule has 4 aliphatic rings. The van der Waals surface area contributed by atoms with Crippen molar-refractivity contribution in [1.82, 2.24) is 9.80 Å². The Morgan fingerprint density at radius 3 is 2.79 bits per heavy atom. The molecular formula is C31H32N2O5. The SMILES string of the molecule is C=CCN1CC[C@]23c4c5ccc(O)c4O[C@H]2[C@H](N(C)C(=O)C#Cc2ccc(C)c(C)c2)CC[C@@]3(O)[C@H]1C5=O. The lowest BCUT2D eigenvalue weighted by Crippen LogP contribution is -2.79. The number of ketones is 1. The van der Waals surface area contributed by atoms with Crippen LogP contribution >= 0.6 is 0 Å². The third kappa shape index (κ3) is 3.11. The summed E-state index contributed by atoms with van der Waals surface area (Å²) in [7, 11) is 1.72. The molecule has 1 saturated carbocycles. The van der Waals surface area contributed by atoms with Crippen LogP contribution in [0.25, 0.3) is 0 Å². The summed E-state index contributed by atoms with van der Waals surface area (Å²) in [6, 6.07) is 7.85. The lowest BCUT2D eigenvalue weighted by Gasteiger charge is -2.63. The number of carbonyl (C=O) groups is 2. The number of phenols is 1. The van der Waals surface area contributed by atoms with Crippen molar-refractivity contribution in [3.63, 3.8) is 0 Å². The van der Waals surface area contributed by atoms with E-state index >= 15 is 0 Å². The van der Waals surface area contributed by atoms with Crippen LogP contribution in [0.1, 0.15) is 51.9 Å². The number of amides is 1. The molecule has 2 aliphatic heterocycles. The van der Waals surface area contributed by atoms with E-state index in [0.29, 0.717) is 43.5 Å². The van der Waals surface area contributed by atoms with Crippen molar-refractivity contribution >= 4 is 11.7 Å². The van der Waals surface area contributed by atoms with E-state index in [9.17, 15) is 19.8 Å². The van der Waals surface area contributed by atoms with Gasteiger partial charge in [0.2, 0.25) is 0 Å². The lowest BCUT2D eigenvalue weighted by molar-refractivity contribution is -0.185. The molecule has 6 rings (SSSR count). The van der Waals surface area contributed by atoms with Crippen LogP contribution < -0.4 is 4.74 Å². The number of phenolic OH excluding ortho intramolecular Hbond substituents is 1. The van der Waals surface area contributed by atoms with Crippen molar-refractivity contribution in [2.45, 2.75) is 62.3 Å². The summed E-state index contributed by atoms with van der Waals surface area (Å²) in [5, 5.41) is 23.2. The minimum atomic E-state index is -1.40. The van der Waals surface area contributed by atoms with Gasteiger partial charge in [0.15, 0.2) is 17.3 Å². The summed E-state index contributed by atoms with van der Waals surface area (Å²) < 4.78 is 6.45. The van der Waals surface area contributed by atoms with Crippen LogP contribution in [-0.4, -0.2) is 75.6 Å². The Balaban J connectivity index is 1.41. The summed E-state index contributed by atoms with van der Waals surface area (Å²) >= 11 is 0. The summed E-state index contributed by atoms with van der Waals surface area (Å²) in [6.45, 7) is 8.94. The molecule has 196 valence electrons. The fraction of sp³-hybridized carbons (Fsp3) is 0.419. The van der Waals surface area contributed by atoms with Gasteiger partial charge in [-0.3, -0.25) is 14.5 Å². The highest BCUT2D eigenvalue weighted by atomic mass is 16.5. The van der Waals surface area contributed by atoms with Crippen LogP contribution in [0, 0.1) is 25.7 Å². The van der Waals surface area contributed by atoms with E-state index < -0.39 is 29.2 Å². The molecular weight excluding hydrogens is 480 g/mol. The molecule has 0 radical (unpaired) electrons. The largest absolute Gasteiger partial charge is 0.504 e. The van der Waals surface area contributed by atoms with Crippen LogP contribution in [0.2, 0.25) is 0 Å². The zero-order valence-corrected chi connectivity index (χ0v) is 22.0. The highest BCUT2D eigenvalue weighted by molar-refractivity contribution is 6.06. The Hall–Kier alpha value is -3.60. The quantitative estimate of drug-likeness (QED) is 0.486. The first-order valence-electron chi connectivity index (χ1n) is 13.1. The van der Waals surface area contributed by atoms with Crippen molar-refractivity contribution < 1.29 is 24.5 Å². The Morgan fingerprint density at radius 2 is 2.05 bits per heavy atom. The van der Waals surface area contributed by atoms with Crippen molar-refractivity contribution in [2.75, 3.05) is 20.1 Å². The summed E-state index contributed by atoms with van der Waals surface area (Å²) in [5.74, 6) is 5.47. The topological polar surface area (TPSA) is 90.3 Å². The first-order chi connectivity index (χ1) is 18.1. The summed E-state index contributed by atoms with van der Waals surface area (Å²) in [6.07, 6.45) is 2.41. The summed E-state index contributed by atoms with van der Waals surface area (Å²) in [4.78, 5) is 30.7. The average Bonchev–Trinajstić information content (AvgIpc) is 3.24. The van der Waals surface area contributed by atoms with Gasteiger partial charge in [0, 0.05) is 42.7 Å². The van der Waals surface area contributed by atoms with Crippen LogP contribution in [0.15, 0.2) is 43.0 Å². The zero-order valence-electron chi connectivity index (χ0n) is 22.0. The first-order valence-corrected chi connectivity index (χ1v) is 13.1. The molecule has 7 heteroatoms. The van der Waals surface area contributed by atoms with E-state index in [1.165, 1.54) is 6.07 Å². The van der Waals surface area contributed by atoms with Crippen LogP contribution in [0.5, 0.6) is 11.5 Å². The molecule has 2 aromatic rings. The van der Waals surface area contributed by atoms with Crippen molar-refractivity contribution in [3.05, 3.63) is 70.8 Å². The van der Waals surface area contributed by atoms with Gasteiger partial charge in [0.25, 0.3) is 5.91 Å². The second-order valence-electron chi connectivity index (χ2n) is 11.1. The molecule has 2 aromatic carbocycles. The number of aliphatic hydroxyl groups is 1. The van der Waals surface area contributed by atoms with Crippen molar-refractivity contribution in [2.24, 2.45) is 0 Å². The number of nitrogens with zero attached hydrogens (tertiary/aromatic N) is 2. The molecule has 2 N–H and O–H groups in total. The molecule has 2 heterocycles. The molecule has 1 saturated heterocycles. The number of hydrogen-bond acceptors (Lipinski definition) is 6. The normalized spacial score (nSPS) is 30.5. The van der Waals surface area contributed by atoms with E-state index in [2.05, 4.69) is 18.4 Å². The molecule has 5 atom stereocenters. The van der Waals surface area contributed by atoms with E-state index in [-0.39, 0.29) is 23.2 Å². The number of hydrogen-bond donors (Lipinski definition) is 2. The van der Waals surface area contributed by atoms with E-state index in [1.54, 1.807) is 24.1 Å². The molecule has 2 aliphatic carbocycles. The van der Waals surface area contributed by atoms with Gasteiger partial charge >= 0.3 is 0 Å². The number of likely N-dealkylation sites (N-methyl/N-ethyl adjacent to an activating group) is 1. The molecule has 1 amide bonds. The second-order valence-corrected chi connectivity index (χ2v) is 11.1. The number of aryl methyl sites for hydroxylation is 2. The smallest absolute Gasteiger partial charge is 0.298 e. The van der Waals surface area contributed by atoms with Gasteiger partial charge in [-0.15, -0.1) is 6.58 Å². The number of likely N-dealkylation sites (tertiary alicyclic amines) is 1. The Morgan fingerprint density at radius 1 is 1.26 bits per heavy atom. The highest BCUT2D eigenvalue weighted by Gasteiger charge is 2.75. The second kappa shape index (κ2) is 8.45. The van der Waals surface area contributed by atoms with E-state index in [0.717, 1.165) is 16.7 Å². The number of Topliss-reactive ketones (excluding diaryl/α,β-unsaturated/α-hetero) is 1. The number of rotatable bonds is 3. The maximum atomic E-state index is 13.8. The zero-order chi connectivity index (χ0) is 27.0. The molecule has 2 bridgehead atoms. The number of benzene rings is 2. The average molecular weight is 513 g/mol. The lowest BCUT2D eigenvalue weighted by atomic mass is 9.48. The van der Waals surface area contributed by atoms with Gasteiger partial charge in [0.1, 0.15) is 17.7 Å². The minimum Gasteiger partial charge on any atom is -0.504 e. The Kier molecular flexibility index (Phi) is 5.50. The number of ether oxygens (including phenoxy) is 1. The highest BCUT2D eigenvalue weighted by Crippen LogP contribution is 2.65. The van der Waals surface area contributed by atoms with Gasteiger partial charge in [-0.1, -0.05) is 18.1 Å². The van der Waals surface area contributed by atoms with Gasteiger partial charge in [-0.25, -0.2) is 0 Å². The maximum absolute atomic E-state index is 13.8. The van der Waals surface area contributed by atoms with Gasteiger partial charge < -0.3 is 19.8 Å². The number of aromatic hydroxyl groups is 1. The van der Waals surface area contributed by atoms with Crippen molar-refractivity contribution in [1.29, 1.82) is 0 Å². The third-order valence-corrected chi connectivity index (χ3v) is 9.38. The van der Waals surface area contributed by atoms with Gasteiger partial charge in [-0.2, -0.15) is 0 Å². The van der Waals surface area contributed by atoms with Gasteiger partial charge in [0.05, 0.1) is 11.5 Å². The Bertz CT molecular complexity index is 1450. The molecule has 1 spiro atoms. The fourth-order valence-electron chi connectivity index (χ4n) is 7.41. The van der Waals surface area contributed by atoms with Crippen LogP contribution in [0.3, 0.4) is 0 Å². The molecule has 0 unspecified atom stereocenters. The third-order valence-electron chi connectivity index (χ3n) is 9.38. The summed E-state index contributed by atoms with van der Waals surface area (Å²) in [5.41, 5.74) is 1.80. The van der Waals surface area contributed by atoms with E-state index in [4.69, 9.17) is 4.74 Å². The minimum absolute atomic E-state index is 0.0584. The molecule has 7 nitrogen and oxygen atoms in total. The van der Waals surface area contributed by atoms with E-state index in [1.807, 2.05) is 36.9 Å². The number of piperidine rings is 1. The molecule has 0 aromatic heterocycles. The van der Waals surface area contributed by atoms with Crippen molar-refractivity contribution in [3.8, 4) is 23.3 Å².